The number of para-hydroxylation sites is 1. The van der Waals surface area contributed by atoms with E-state index < -0.39 is 0 Å². The number of fused-ring (bicyclic) bond motifs is 3. The number of pyridine rings is 1. The van der Waals surface area contributed by atoms with Gasteiger partial charge in [-0.15, -0.1) is 0 Å². The maximum Gasteiger partial charge on any atom is 0.240 e. The second-order valence-corrected chi connectivity index (χ2v) is 4.96. The molecule has 0 bridgehead atoms. The van der Waals surface area contributed by atoms with E-state index in [0.717, 1.165) is 27.9 Å². The molecule has 0 aliphatic heterocycles. The van der Waals surface area contributed by atoms with Gasteiger partial charge in [0.25, 0.3) is 0 Å². The maximum absolute atomic E-state index is 10.1. The zero-order valence-corrected chi connectivity index (χ0v) is 11.9. The lowest BCUT2D eigenvalue weighted by molar-refractivity contribution is 0.415. The quantitative estimate of drug-likeness (QED) is 0.615. The summed E-state index contributed by atoms with van der Waals surface area (Å²) in [4.78, 5) is 8.50. The maximum atomic E-state index is 10.1. The molecule has 0 radical (unpaired) electrons. The number of aromatic nitrogens is 3. The number of imidazole rings is 1. The van der Waals surface area contributed by atoms with E-state index in [1.165, 1.54) is 0 Å². The highest BCUT2D eigenvalue weighted by atomic mass is 16.5. The first-order valence-electron chi connectivity index (χ1n) is 6.87. The fourth-order valence-corrected chi connectivity index (χ4v) is 2.65. The van der Waals surface area contributed by atoms with Gasteiger partial charge in [-0.2, -0.15) is 0 Å². The van der Waals surface area contributed by atoms with Crippen molar-refractivity contribution in [3.8, 4) is 17.3 Å². The molecule has 0 atom stereocenters. The van der Waals surface area contributed by atoms with E-state index in [4.69, 9.17) is 4.74 Å². The topological polar surface area (TPSA) is 60.2 Å². The minimum atomic E-state index is -0.0547. The Morgan fingerprint density at radius 3 is 2.59 bits per heavy atom. The summed E-state index contributed by atoms with van der Waals surface area (Å²) >= 11 is 0. The summed E-state index contributed by atoms with van der Waals surface area (Å²) in [6.45, 7) is 0. The Morgan fingerprint density at radius 1 is 1.05 bits per heavy atom. The Hall–Kier alpha value is -3.08. The van der Waals surface area contributed by atoms with Crippen LogP contribution in [0, 0.1) is 0 Å². The van der Waals surface area contributed by atoms with E-state index in [2.05, 4.69) is 9.97 Å². The van der Waals surface area contributed by atoms with Crippen LogP contribution in [0.4, 0.5) is 0 Å². The molecule has 0 amide bonds. The van der Waals surface area contributed by atoms with Crippen molar-refractivity contribution in [1.82, 2.24) is 14.5 Å². The third kappa shape index (κ3) is 1.79. The van der Waals surface area contributed by atoms with Gasteiger partial charge >= 0.3 is 0 Å². The van der Waals surface area contributed by atoms with Gasteiger partial charge in [-0.25, -0.2) is 9.97 Å². The molecule has 0 fully saturated rings. The molecule has 0 aliphatic carbocycles. The Labute approximate surface area is 126 Å². The number of hydrogen-bond acceptors (Lipinski definition) is 4. The zero-order chi connectivity index (χ0) is 15.1. The Morgan fingerprint density at radius 2 is 1.82 bits per heavy atom. The van der Waals surface area contributed by atoms with Crippen LogP contribution in [-0.2, 0) is 0 Å². The largest absolute Gasteiger partial charge is 0.497 e. The lowest BCUT2D eigenvalue weighted by Crippen LogP contribution is -1.94. The van der Waals surface area contributed by atoms with Gasteiger partial charge in [-0.05, 0) is 30.3 Å². The predicted octanol–water partition coefficient (Wildman–Crippen LogP) is 3.29. The van der Waals surface area contributed by atoms with Crippen molar-refractivity contribution >= 4 is 21.9 Å². The second-order valence-electron chi connectivity index (χ2n) is 4.96. The molecule has 0 unspecified atom stereocenters. The molecule has 108 valence electrons. The highest BCUT2D eigenvalue weighted by Gasteiger charge is 2.14. The van der Waals surface area contributed by atoms with Crippen molar-refractivity contribution in [3.05, 3.63) is 54.9 Å². The van der Waals surface area contributed by atoms with E-state index >= 15 is 0 Å². The first kappa shape index (κ1) is 12.6. The van der Waals surface area contributed by atoms with E-state index in [1.807, 2.05) is 53.1 Å². The molecule has 22 heavy (non-hydrogen) atoms. The summed E-state index contributed by atoms with van der Waals surface area (Å²) in [5, 5.41) is 11.1. The molecule has 5 nitrogen and oxygen atoms in total. The van der Waals surface area contributed by atoms with Gasteiger partial charge in [-0.3, -0.25) is 4.57 Å². The van der Waals surface area contributed by atoms with Gasteiger partial charge in [-0.1, -0.05) is 18.2 Å². The number of rotatable bonds is 2. The molecule has 2 heterocycles. The molecule has 0 saturated heterocycles. The number of nitrogens with zero attached hydrogens (tertiary/aromatic N) is 3. The van der Waals surface area contributed by atoms with Crippen molar-refractivity contribution < 1.29 is 9.84 Å². The molecule has 0 aliphatic rings. The van der Waals surface area contributed by atoms with Crippen LogP contribution in [0.3, 0.4) is 0 Å². The summed E-state index contributed by atoms with van der Waals surface area (Å²) in [5.74, 6) is 0.739. The number of ether oxygens (including phenoxy) is 1. The van der Waals surface area contributed by atoms with Crippen LogP contribution in [0.5, 0.6) is 11.6 Å². The lowest BCUT2D eigenvalue weighted by atomic mass is 10.2. The first-order valence-corrected chi connectivity index (χ1v) is 6.87. The van der Waals surface area contributed by atoms with Crippen molar-refractivity contribution in [2.24, 2.45) is 0 Å². The van der Waals surface area contributed by atoms with E-state index in [9.17, 15) is 5.11 Å². The predicted molar refractivity (Wildman–Crippen MR) is 84.6 cm³/mol. The van der Waals surface area contributed by atoms with Crippen molar-refractivity contribution in [1.29, 1.82) is 0 Å². The van der Waals surface area contributed by atoms with E-state index in [-0.39, 0.29) is 5.88 Å². The summed E-state index contributed by atoms with van der Waals surface area (Å²) in [5.41, 5.74) is 3.02. The van der Waals surface area contributed by atoms with Gasteiger partial charge in [0.05, 0.1) is 18.1 Å². The molecule has 5 heteroatoms. The Bertz CT molecular complexity index is 974. The third-order valence-electron chi connectivity index (χ3n) is 3.72. The van der Waals surface area contributed by atoms with Crippen LogP contribution < -0.4 is 4.74 Å². The van der Waals surface area contributed by atoms with Crippen LogP contribution in [-0.4, -0.2) is 26.8 Å². The minimum absolute atomic E-state index is 0.0547. The number of methoxy groups -OCH3 is 1. The van der Waals surface area contributed by atoms with E-state index in [0.29, 0.717) is 5.52 Å². The molecule has 0 saturated carbocycles. The molecular formula is C17H13N3O2. The standard InChI is InChI=1S/C17H13N3O2/c1-22-12-8-6-11(7-9-12)20-10-18-15-16(20)13-4-2-3-5-14(13)19-17(15)21/h2-10H,1H3,(H,19,21). The van der Waals surface area contributed by atoms with Gasteiger partial charge in [0.2, 0.25) is 5.88 Å². The molecule has 4 aromatic rings. The third-order valence-corrected chi connectivity index (χ3v) is 3.72. The fraction of sp³-hybridized carbons (Fsp3) is 0.0588. The number of aromatic hydroxyl groups is 1. The van der Waals surface area contributed by atoms with Gasteiger partial charge in [0.1, 0.15) is 12.1 Å². The smallest absolute Gasteiger partial charge is 0.240 e. The highest BCUT2D eigenvalue weighted by molar-refractivity contribution is 6.04. The molecule has 4 rings (SSSR count). The monoisotopic (exact) mass is 291 g/mol. The van der Waals surface area contributed by atoms with Gasteiger partial charge in [0.15, 0.2) is 5.52 Å². The second kappa shape index (κ2) is 4.73. The molecule has 0 spiro atoms. The average Bonchev–Trinajstić information content (AvgIpc) is 3.01. The van der Waals surface area contributed by atoms with E-state index in [1.54, 1.807) is 13.4 Å². The fourth-order valence-electron chi connectivity index (χ4n) is 2.65. The zero-order valence-electron chi connectivity index (χ0n) is 11.9. The number of benzene rings is 2. The molecule has 1 N–H and O–H groups in total. The summed E-state index contributed by atoms with van der Waals surface area (Å²) in [6, 6.07) is 15.4. The van der Waals surface area contributed by atoms with Crippen molar-refractivity contribution in [3.63, 3.8) is 0 Å². The summed E-state index contributed by atoms with van der Waals surface area (Å²) in [6.07, 6.45) is 1.69. The van der Waals surface area contributed by atoms with Gasteiger partial charge in [0, 0.05) is 11.1 Å². The Kier molecular flexibility index (Phi) is 2.72. The summed E-state index contributed by atoms with van der Waals surface area (Å²) in [7, 11) is 1.64. The van der Waals surface area contributed by atoms with Crippen LogP contribution in [0.25, 0.3) is 27.6 Å². The van der Waals surface area contributed by atoms with Crippen LogP contribution in [0.1, 0.15) is 0 Å². The van der Waals surface area contributed by atoms with Gasteiger partial charge < -0.3 is 9.84 Å². The molecule has 2 aromatic carbocycles. The van der Waals surface area contributed by atoms with Crippen molar-refractivity contribution in [2.75, 3.05) is 7.11 Å². The molecular weight excluding hydrogens is 278 g/mol. The lowest BCUT2D eigenvalue weighted by Gasteiger charge is -2.08. The normalized spacial score (nSPS) is 11.1. The first-order chi connectivity index (χ1) is 10.8. The van der Waals surface area contributed by atoms with Crippen LogP contribution in [0.2, 0.25) is 0 Å². The number of hydrogen-bond donors (Lipinski definition) is 1. The minimum Gasteiger partial charge on any atom is -0.497 e. The van der Waals surface area contributed by atoms with Crippen LogP contribution in [0.15, 0.2) is 54.9 Å². The SMILES string of the molecule is COc1ccc(-n2cnc3c(O)nc4ccccc4c32)cc1. The summed E-state index contributed by atoms with van der Waals surface area (Å²) < 4.78 is 7.13. The Balaban J connectivity index is 2.05. The highest BCUT2D eigenvalue weighted by Crippen LogP contribution is 2.31. The van der Waals surface area contributed by atoms with Crippen LogP contribution >= 0.6 is 0 Å². The average molecular weight is 291 g/mol. The molecule has 2 aromatic heterocycles. The van der Waals surface area contributed by atoms with Crippen molar-refractivity contribution in [2.45, 2.75) is 0 Å².